The van der Waals surface area contributed by atoms with Gasteiger partial charge in [0.15, 0.2) is 0 Å². The molecule has 0 amide bonds. The third kappa shape index (κ3) is 3.99. The zero-order valence-electron chi connectivity index (χ0n) is 11.0. The van der Waals surface area contributed by atoms with Crippen molar-refractivity contribution >= 4 is 0 Å². The van der Waals surface area contributed by atoms with Gasteiger partial charge in [-0.3, -0.25) is 0 Å². The Morgan fingerprint density at radius 3 is 2.12 bits per heavy atom. The van der Waals surface area contributed by atoms with Gasteiger partial charge in [0.2, 0.25) is 0 Å². The van der Waals surface area contributed by atoms with E-state index in [0.717, 1.165) is 11.1 Å². The van der Waals surface area contributed by atoms with E-state index >= 15 is 0 Å². The molecule has 1 aromatic carbocycles. The van der Waals surface area contributed by atoms with Crippen molar-refractivity contribution in [2.75, 3.05) is 0 Å². The summed E-state index contributed by atoms with van der Waals surface area (Å²) in [5.41, 5.74) is 3.25. The monoisotopic (exact) mass is 234 g/mol. The number of allylic oxidation sites excluding steroid dienone is 1. The Balaban J connectivity index is 2.79. The van der Waals surface area contributed by atoms with E-state index in [1.807, 2.05) is 52.0 Å². The van der Waals surface area contributed by atoms with Crippen molar-refractivity contribution in [3.8, 4) is 0 Å². The smallest absolute Gasteiger partial charge is 0.0988 e. The minimum absolute atomic E-state index is 0.0822. The summed E-state index contributed by atoms with van der Waals surface area (Å²) in [6.45, 7) is 7.78. The zero-order chi connectivity index (χ0) is 13.0. The summed E-state index contributed by atoms with van der Waals surface area (Å²) in [6, 6.07) is 8.04. The highest BCUT2D eigenvalue weighted by Crippen LogP contribution is 2.22. The fourth-order valence-electron chi connectivity index (χ4n) is 1.80. The second kappa shape index (κ2) is 5.99. The Bertz CT molecular complexity index is 374. The van der Waals surface area contributed by atoms with Crippen LogP contribution in [0.4, 0.5) is 0 Å². The first-order valence-corrected chi connectivity index (χ1v) is 5.99. The maximum atomic E-state index is 10.1. The van der Waals surface area contributed by atoms with E-state index < -0.39 is 12.2 Å². The van der Waals surface area contributed by atoms with Crippen molar-refractivity contribution in [1.82, 2.24) is 0 Å². The van der Waals surface area contributed by atoms with E-state index in [-0.39, 0.29) is 5.92 Å². The van der Waals surface area contributed by atoms with E-state index in [1.54, 1.807) is 6.08 Å². The molecule has 2 heteroatoms. The zero-order valence-corrected chi connectivity index (χ0v) is 11.0. The van der Waals surface area contributed by atoms with Gasteiger partial charge in [-0.05, 0) is 26.3 Å². The summed E-state index contributed by atoms with van der Waals surface area (Å²) in [4.78, 5) is 0. The molecule has 1 aromatic rings. The fourth-order valence-corrected chi connectivity index (χ4v) is 1.80. The summed E-state index contributed by atoms with van der Waals surface area (Å²) in [7, 11) is 0. The lowest BCUT2D eigenvalue weighted by Crippen LogP contribution is -2.29. The molecule has 0 aliphatic carbocycles. The lowest BCUT2D eigenvalue weighted by molar-refractivity contribution is 0.0332. The Morgan fingerprint density at radius 1 is 1.12 bits per heavy atom. The average Bonchev–Trinajstić information content (AvgIpc) is 2.27. The Kier molecular flexibility index (Phi) is 4.91. The van der Waals surface area contributed by atoms with Crippen LogP contribution < -0.4 is 0 Å². The SMILES string of the molecule is CC(C)=CC(O)C(O)C(C)c1ccc(C)cc1. The summed E-state index contributed by atoms with van der Waals surface area (Å²) in [5, 5.41) is 19.9. The lowest BCUT2D eigenvalue weighted by Gasteiger charge is -2.22. The Hall–Kier alpha value is -1.12. The standard InChI is InChI=1S/C15H22O2/c1-10(2)9-14(16)15(17)12(4)13-7-5-11(3)6-8-13/h5-9,12,14-17H,1-4H3. The maximum absolute atomic E-state index is 10.1. The van der Waals surface area contributed by atoms with Gasteiger partial charge < -0.3 is 10.2 Å². The second-order valence-corrected chi connectivity index (χ2v) is 4.92. The average molecular weight is 234 g/mol. The van der Waals surface area contributed by atoms with Gasteiger partial charge in [0.25, 0.3) is 0 Å². The summed E-state index contributed by atoms with van der Waals surface area (Å²) in [6.07, 6.45) is 0.110. The Labute approximate surface area is 104 Å². The highest BCUT2D eigenvalue weighted by atomic mass is 16.3. The van der Waals surface area contributed by atoms with Crippen LogP contribution >= 0.6 is 0 Å². The highest BCUT2D eigenvalue weighted by molar-refractivity contribution is 5.25. The molecular formula is C15H22O2. The summed E-state index contributed by atoms with van der Waals surface area (Å²) >= 11 is 0. The molecule has 1 rings (SSSR count). The molecule has 0 aromatic heterocycles. The van der Waals surface area contributed by atoms with Crippen LogP contribution in [0.25, 0.3) is 0 Å². The van der Waals surface area contributed by atoms with Crippen molar-refractivity contribution in [3.63, 3.8) is 0 Å². The van der Waals surface area contributed by atoms with E-state index in [0.29, 0.717) is 0 Å². The van der Waals surface area contributed by atoms with Gasteiger partial charge in [-0.15, -0.1) is 0 Å². The normalized spacial score (nSPS) is 16.1. The molecule has 94 valence electrons. The molecule has 3 atom stereocenters. The molecular weight excluding hydrogens is 212 g/mol. The first kappa shape index (κ1) is 13.9. The highest BCUT2D eigenvalue weighted by Gasteiger charge is 2.22. The molecule has 0 heterocycles. The topological polar surface area (TPSA) is 40.5 Å². The van der Waals surface area contributed by atoms with Crippen LogP contribution in [0.3, 0.4) is 0 Å². The van der Waals surface area contributed by atoms with Gasteiger partial charge in [0, 0.05) is 5.92 Å². The first-order valence-electron chi connectivity index (χ1n) is 5.99. The third-order valence-electron chi connectivity index (χ3n) is 2.97. The molecule has 0 fully saturated rings. The van der Waals surface area contributed by atoms with Crippen molar-refractivity contribution in [2.24, 2.45) is 0 Å². The minimum atomic E-state index is -0.809. The fraction of sp³-hybridized carbons (Fsp3) is 0.467. The van der Waals surface area contributed by atoms with Gasteiger partial charge in [0.1, 0.15) is 0 Å². The van der Waals surface area contributed by atoms with Gasteiger partial charge in [-0.2, -0.15) is 0 Å². The predicted octanol–water partition coefficient (Wildman–Crippen LogP) is 2.79. The number of benzene rings is 1. The van der Waals surface area contributed by atoms with Crippen LogP contribution in [0.15, 0.2) is 35.9 Å². The summed E-state index contributed by atoms with van der Waals surface area (Å²) in [5.74, 6) is -0.0822. The van der Waals surface area contributed by atoms with Crippen LogP contribution in [0.2, 0.25) is 0 Å². The minimum Gasteiger partial charge on any atom is -0.389 e. The van der Waals surface area contributed by atoms with E-state index in [4.69, 9.17) is 0 Å². The van der Waals surface area contributed by atoms with Crippen molar-refractivity contribution in [1.29, 1.82) is 0 Å². The number of hydrogen-bond donors (Lipinski definition) is 2. The van der Waals surface area contributed by atoms with Gasteiger partial charge in [-0.25, -0.2) is 0 Å². The predicted molar refractivity (Wildman–Crippen MR) is 71.0 cm³/mol. The molecule has 2 nitrogen and oxygen atoms in total. The molecule has 3 unspecified atom stereocenters. The van der Waals surface area contributed by atoms with Crippen LogP contribution in [-0.4, -0.2) is 22.4 Å². The number of aryl methyl sites for hydroxylation is 1. The second-order valence-electron chi connectivity index (χ2n) is 4.92. The first-order chi connectivity index (χ1) is 7.91. The largest absolute Gasteiger partial charge is 0.389 e. The van der Waals surface area contributed by atoms with Crippen molar-refractivity contribution in [3.05, 3.63) is 47.0 Å². The molecule has 0 aliphatic rings. The summed E-state index contributed by atoms with van der Waals surface area (Å²) < 4.78 is 0. The van der Waals surface area contributed by atoms with Gasteiger partial charge >= 0.3 is 0 Å². The van der Waals surface area contributed by atoms with Crippen LogP contribution in [0.1, 0.15) is 37.8 Å². The molecule has 0 aliphatic heterocycles. The van der Waals surface area contributed by atoms with Gasteiger partial charge in [0.05, 0.1) is 12.2 Å². The van der Waals surface area contributed by atoms with E-state index in [1.165, 1.54) is 5.56 Å². The molecule has 0 saturated carbocycles. The third-order valence-corrected chi connectivity index (χ3v) is 2.97. The maximum Gasteiger partial charge on any atom is 0.0988 e. The van der Waals surface area contributed by atoms with Crippen molar-refractivity contribution < 1.29 is 10.2 Å². The quantitative estimate of drug-likeness (QED) is 0.786. The van der Waals surface area contributed by atoms with Crippen LogP contribution in [0, 0.1) is 6.92 Å². The molecule has 17 heavy (non-hydrogen) atoms. The van der Waals surface area contributed by atoms with Crippen LogP contribution in [-0.2, 0) is 0 Å². The molecule has 0 radical (unpaired) electrons. The van der Waals surface area contributed by atoms with Crippen LogP contribution in [0.5, 0.6) is 0 Å². The molecule has 0 spiro atoms. The number of aliphatic hydroxyl groups is 2. The van der Waals surface area contributed by atoms with E-state index in [2.05, 4.69) is 0 Å². The van der Waals surface area contributed by atoms with Crippen molar-refractivity contribution in [2.45, 2.75) is 45.8 Å². The van der Waals surface area contributed by atoms with Gasteiger partial charge in [-0.1, -0.05) is 48.4 Å². The number of hydrogen-bond acceptors (Lipinski definition) is 2. The molecule has 2 N–H and O–H groups in total. The molecule has 0 saturated heterocycles. The number of aliphatic hydroxyl groups excluding tert-OH is 2. The Morgan fingerprint density at radius 2 is 1.65 bits per heavy atom. The number of rotatable bonds is 4. The van der Waals surface area contributed by atoms with E-state index in [9.17, 15) is 10.2 Å². The molecule has 0 bridgehead atoms. The lowest BCUT2D eigenvalue weighted by atomic mass is 9.91.